The topological polar surface area (TPSA) is 46.5 Å². The molecule has 0 saturated carbocycles. The molecule has 0 fully saturated rings. The van der Waals surface area contributed by atoms with Gasteiger partial charge in [-0.05, 0) is 36.6 Å². The number of benzene rings is 1. The van der Waals surface area contributed by atoms with Gasteiger partial charge in [-0.2, -0.15) is 0 Å². The Morgan fingerprint density at radius 3 is 2.50 bits per heavy atom. The number of carbonyl (C=O) groups is 1. The van der Waals surface area contributed by atoms with Gasteiger partial charge < -0.3 is 9.84 Å². The highest BCUT2D eigenvalue weighted by molar-refractivity contribution is 5.91. The van der Waals surface area contributed by atoms with E-state index in [4.69, 9.17) is 5.11 Å². The number of aliphatic hydroxyl groups is 1. The van der Waals surface area contributed by atoms with Crippen molar-refractivity contribution < 1.29 is 14.6 Å². The standard InChI is InChI=1S/C11H14O3/c1-7-4-8(2)10(11(13)14-3)5-9(7)6-12/h4-5,12H,6H2,1-3H3. The van der Waals surface area contributed by atoms with E-state index in [0.29, 0.717) is 5.56 Å². The number of methoxy groups -OCH3 is 1. The molecule has 0 unspecified atom stereocenters. The Morgan fingerprint density at radius 1 is 1.36 bits per heavy atom. The van der Waals surface area contributed by atoms with E-state index in [2.05, 4.69) is 4.74 Å². The van der Waals surface area contributed by atoms with Crippen molar-refractivity contribution in [3.05, 3.63) is 34.4 Å². The minimum atomic E-state index is -0.364. The lowest BCUT2D eigenvalue weighted by molar-refractivity contribution is 0.0599. The molecule has 0 atom stereocenters. The predicted molar refractivity (Wildman–Crippen MR) is 53.2 cm³/mol. The lowest BCUT2D eigenvalue weighted by atomic mass is 10.0. The summed E-state index contributed by atoms with van der Waals surface area (Å²) < 4.78 is 4.64. The van der Waals surface area contributed by atoms with Crippen molar-refractivity contribution >= 4 is 5.97 Å². The van der Waals surface area contributed by atoms with Crippen LogP contribution in [0.4, 0.5) is 0 Å². The summed E-state index contributed by atoms with van der Waals surface area (Å²) in [5.74, 6) is -0.364. The zero-order valence-electron chi connectivity index (χ0n) is 8.63. The van der Waals surface area contributed by atoms with Crippen LogP contribution in [0.5, 0.6) is 0 Å². The fourth-order valence-electron chi connectivity index (χ4n) is 1.40. The van der Waals surface area contributed by atoms with E-state index >= 15 is 0 Å². The summed E-state index contributed by atoms with van der Waals surface area (Å²) in [7, 11) is 1.35. The number of hydrogen-bond acceptors (Lipinski definition) is 3. The van der Waals surface area contributed by atoms with Crippen LogP contribution in [-0.4, -0.2) is 18.2 Å². The van der Waals surface area contributed by atoms with Crippen molar-refractivity contribution in [2.24, 2.45) is 0 Å². The molecule has 0 radical (unpaired) electrons. The van der Waals surface area contributed by atoms with Crippen LogP contribution in [0.2, 0.25) is 0 Å². The number of rotatable bonds is 2. The molecule has 1 N–H and O–H groups in total. The first kappa shape index (κ1) is 10.7. The van der Waals surface area contributed by atoms with Gasteiger partial charge in [0.05, 0.1) is 19.3 Å². The highest BCUT2D eigenvalue weighted by Gasteiger charge is 2.11. The molecule has 1 rings (SSSR count). The summed E-state index contributed by atoms with van der Waals surface area (Å²) in [6, 6.07) is 3.55. The Hall–Kier alpha value is -1.35. The molecule has 1 aromatic carbocycles. The Balaban J connectivity index is 3.24. The Bertz CT molecular complexity index is 356. The lowest BCUT2D eigenvalue weighted by Gasteiger charge is -2.08. The SMILES string of the molecule is COC(=O)c1cc(CO)c(C)cc1C. The van der Waals surface area contributed by atoms with Crippen molar-refractivity contribution in [3.63, 3.8) is 0 Å². The van der Waals surface area contributed by atoms with E-state index in [1.54, 1.807) is 6.07 Å². The van der Waals surface area contributed by atoms with E-state index in [0.717, 1.165) is 16.7 Å². The van der Waals surface area contributed by atoms with Gasteiger partial charge in [0.25, 0.3) is 0 Å². The normalized spacial score (nSPS) is 10.0. The van der Waals surface area contributed by atoms with Crippen molar-refractivity contribution in [2.45, 2.75) is 20.5 Å². The molecule has 0 aromatic heterocycles. The monoisotopic (exact) mass is 194 g/mol. The van der Waals surface area contributed by atoms with Gasteiger partial charge in [-0.3, -0.25) is 0 Å². The second kappa shape index (κ2) is 4.24. The van der Waals surface area contributed by atoms with Crippen LogP contribution in [0.25, 0.3) is 0 Å². The lowest BCUT2D eigenvalue weighted by Crippen LogP contribution is -2.05. The number of aryl methyl sites for hydroxylation is 2. The average molecular weight is 194 g/mol. The van der Waals surface area contributed by atoms with Gasteiger partial charge in [-0.15, -0.1) is 0 Å². The molecule has 0 aliphatic carbocycles. The Kier molecular flexibility index (Phi) is 3.25. The van der Waals surface area contributed by atoms with Crippen LogP contribution < -0.4 is 0 Å². The number of ether oxygens (including phenoxy) is 1. The Labute approximate surface area is 83.3 Å². The largest absolute Gasteiger partial charge is 0.465 e. The van der Waals surface area contributed by atoms with Gasteiger partial charge in [0.15, 0.2) is 0 Å². The fraction of sp³-hybridized carbons (Fsp3) is 0.364. The fourth-order valence-corrected chi connectivity index (χ4v) is 1.40. The van der Waals surface area contributed by atoms with E-state index in [1.165, 1.54) is 7.11 Å². The van der Waals surface area contributed by atoms with Gasteiger partial charge in [-0.1, -0.05) is 6.07 Å². The maximum atomic E-state index is 11.3. The molecule has 1 aromatic rings. The van der Waals surface area contributed by atoms with Crippen LogP contribution in [0.15, 0.2) is 12.1 Å². The zero-order valence-corrected chi connectivity index (χ0v) is 8.63. The van der Waals surface area contributed by atoms with Crippen LogP contribution in [0, 0.1) is 13.8 Å². The first-order chi connectivity index (χ1) is 6.60. The second-order valence-corrected chi connectivity index (χ2v) is 3.24. The van der Waals surface area contributed by atoms with Gasteiger partial charge in [0.2, 0.25) is 0 Å². The first-order valence-corrected chi connectivity index (χ1v) is 4.39. The number of hydrogen-bond donors (Lipinski definition) is 1. The minimum absolute atomic E-state index is 0.0594. The van der Waals surface area contributed by atoms with Gasteiger partial charge in [0.1, 0.15) is 0 Å². The van der Waals surface area contributed by atoms with Crippen molar-refractivity contribution in [1.29, 1.82) is 0 Å². The molecule has 0 aliphatic heterocycles. The van der Waals surface area contributed by atoms with Crippen LogP contribution >= 0.6 is 0 Å². The number of carbonyl (C=O) groups excluding carboxylic acids is 1. The smallest absolute Gasteiger partial charge is 0.338 e. The Morgan fingerprint density at radius 2 is 2.00 bits per heavy atom. The average Bonchev–Trinajstić information content (AvgIpc) is 2.17. The van der Waals surface area contributed by atoms with E-state index in [9.17, 15) is 4.79 Å². The van der Waals surface area contributed by atoms with Crippen LogP contribution in [0.3, 0.4) is 0 Å². The highest BCUT2D eigenvalue weighted by Crippen LogP contribution is 2.16. The third-order valence-corrected chi connectivity index (χ3v) is 2.26. The molecule has 3 heteroatoms. The van der Waals surface area contributed by atoms with Crippen LogP contribution in [0.1, 0.15) is 27.0 Å². The second-order valence-electron chi connectivity index (χ2n) is 3.24. The molecule has 0 spiro atoms. The maximum absolute atomic E-state index is 11.3. The van der Waals surface area contributed by atoms with Gasteiger partial charge in [0, 0.05) is 0 Å². The maximum Gasteiger partial charge on any atom is 0.338 e. The van der Waals surface area contributed by atoms with Gasteiger partial charge in [-0.25, -0.2) is 4.79 Å². The molecule has 0 heterocycles. The number of aliphatic hydroxyl groups excluding tert-OH is 1. The number of esters is 1. The summed E-state index contributed by atoms with van der Waals surface area (Å²) >= 11 is 0. The molecule has 14 heavy (non-hydrogen) atoms. The third kappa shape index (κ3) is 1.93. The van der Waals surface area contributed by atoms with Crippen LogP contribution in [-0.2, 0) is 11.3 Å². The molecule has 76 valence electrons. The molecular weight excluding hydrogens is 180 g/mol. The van der Waals surface area contributed by atoms with E-state index < -0.39 is 0 Å². The molecule has 0 bridgehead atoms. The molecular formula is C11H14O3. The summed E-state index contributed by atoms with van der Waals surface area (Å²) in [5.41, 5.74) is 3.13. The van der Waals surface area contributed by atoms with Crippen molar-refractivity contribution in [2.75, 3.05) is 7.11 Å². The quantitative estimate of drug-likeness (QED) is 0.727. The van der Waals surface area contributed by atoms with E-state index in [-0.39, 0.29) is 12.6 Å². The summed E-state index contributed by atoms with van der Waals surface area (Å²) in [4.78, 5) is 11.3. The summed E-state index contributed by atoms with van der Waals surface area (Å²) in [5, 5.41) is 9.04. The third-order valence-electron chi connectivity index (χ3n) is 2.26. The van der Waals surface area contributed by atoms with Gasteiger partial charge >= 0.3 is 5.97 Å². The first-order valence-electron chi connectivity index (χ1n) is 4.39. The van der Waals surface area contributed by atoms with Crippen molar-refractivity contribution in [3.8, 4) is 0 Å². The molecule has 0 aliphatic rings. The minimum Gasteiger partial charge on any atom is -0.465 e. The summed E-state index contributed by atoms with van der Waals surface area (Å²) in [6.45, 7) is 3.69. The summed E-state index contributed by atoms with van der Waals surface area (Å²) in [6.07, 6.45) is 0. The molecule has 0 amide bonds. The highest BCUT2D eigenvalue weighted by atomic mass is 16.5. The predicted octanol–water partition coefficient (Wildman–Crippen LogP) is 1.58. The van der Waals surface area contributed by atoms with Crippen molar-refractivity contribution in [1.82, 2.24) is 0 Å². The molecule has 0 saturated heterocycles. The van der Waals surface area contributed by atoms with E-state index in [1.807, 2.05) is 19.9 Å². The zero-order chi connectivity index (χ0) is 10.7. The molecule has 3 nitrogen and oxygen atoms in total.